The van der Waals surface area contributed by atoms with Crippen LogP contribution in [0.2, 0.25) is 0 Å². The van der Waals surface area contributed by atoms with Gasteiger partial charge in [0.05, 0.1) is 0 Å². The Morgan fingerprint density at radius 1 is 1.32 bits per heavy atom. The second-order valence-corrected chi connectivity index (χ2v) is 6.34. The third kappa shape index (κ3) is 4.65. The lowest BCUT2D eigenvalue weighted by molar-refractivity contribution is -0.126. The number of aromatic nitrogens is 2. The van der Waals surface area contributed by atoms with Crippen molar-refractivity contribution in [3.63, 3.8) is 0 Å². The number of rotatable bonds is 5. The van der Waals surface area contributed by atoms with Gasteiger partial charge in [-0.05, 0) is 51.1 Å². The summed E-state index contributed by atoms with van der Waals surface area (Å²) in [7, 11) is 0. The third-order valence-electron chi connectivity index (χ3n) is 4.38. The Kier molecular flexibility index (Phi) is 6.15. The van der Waals surface area contributed by atoms with Gasteiger partial charge in [-0.1, -0.05) is 0 Å². The maximum Gasteiger partial charge on any atom is 0.223 e. The molecule has 6 heteroatoms. The molecule has 0 unspecified atom stereocenters. The van der Waals surface area contributed by atoms with E-state index in [-0.39, 0.29) is 24.2 Å². The van der Waals surface area contributed by atoms with E-state index in [1.165, 1.54) is 12.8 Å². The van der Waals surface area contributed by atoms with E-state index in [9.17, 15) is 4.79 Å². The minimum atomic E-state index is 0. The normalized spacial score (nSPS) is 24.4. The molecule has 0 aromatic carbocycles. The topological polar surface area (TPSA) is 66.9 Å². The number of nitrogens with zero attached hydrogens (tertiary/aromatic N) is 2. The summed E-state index contributed by atoms with van der Waals surface area (Å²) < 4.78 is 0. The summed E-state index contributed by atoms with van der Waals surface area (Å²) in [6.07, 6.45) is 8.94. The molecule has 3 rings (SSSR count). The van der Waals surface area contributed by atoms with Gasteiger partial charge in [0.1, 0.15) is 5.82 Å². The van der Waals surface area contributed by atoms with Crippen molar-refractivity contribution in [3.8, 4) is 0 Å². The van der Waals surface area contributed by atoms with Crippen LogP contribution in [-0.2, 0) is 11.2 Å². The van der Waals surface area contributed by atoms with Crippen LogP contribution in [0.25, 0.3) is 0 Å². The minimum absolute atomic E-state index is 0. The summed E-state index contributed by atoms with van der Waals surface area (Å²) in [5.74, 6) is 1.93. The van der Waals surface area contributed by atoms with Crippen LogP contribution in [0.1, 0.15) is 49.9 Å². The number of carbonyl (C=O) groups is 1. The molecule has 2 atom stereocenters. The fourth-order valence-corrected chi connectivity index (χ4v) is 2.89. The van der Waals surface area contributed by atoms with E-state index in [4.69, 9.17) is 0 Å². The molecule has 5 nitrogen and oxygen atoms in total. The van der Waals surface area contributed by atoms with Gasteiger partial charge in [0, 0.05) is 36.8 Å². The monoisotopic (exact) mass is 324 g/mol. The Labute approximate surface area is 138 Å². The standard InChI is InChI=1S/C16H24N4O.ClH/c1-11-8-14(5-7-17-11)16(21)18-6-4-12-9-19-15(20-10-12)13-2-3-13;/h9-11,13-14,17H,2-8H2,1H3,(H,18,21);1H/t11-,14-;/m0./s1. The van der Waals surface area contributed by atoms with Crippen LogP contribution in [0.15, 0.2) is 12.4 Å². The van der Waals surface area contributed by atoms with E-state index >= 15 is 0 Å². The SMILES string of the molecule is C[C@H]1C[C@@H](C(=O)NCCc2cnc(C3CC3)nc2)CCN1.Cl. The van der Waals surface area contributed by atoms with Crippen LogP contribution >= 0.6 is 12.4 Å². The van der Waals surface area contributed by atoms with E-state index in [1.807, 2.05) is 12.4 Å². The third-order valence-corrected chi connectivity index (χ3v) is 4.38. The number of amides is 1. The quantitative estimate of drug-likeness (QED) is 0.867. The van der Waals surface area contributed by atoms with Gasteiger partial charge in [-0.25, -0.2) is 9.97 Å². The maximum absolute atomic E-state index is 12.1. The van der Waals surface area contributed by atoms with E-state index in [0.29, 0.717) is 18.5 Å². The Hall–Kier alpha value is -1.20. The molecule has 2 aliphatic rings. The lowest BCUT2D eigenvalue weighted by atomic mass is 9.92. The van der Waals surface area contributed by atoms with E-state index < -0.39 is 0 Å². The Balaban J connectivity index is 0.00000176. The van der Waals surface area contributed by atoms with E-state index in [0.717, 1.165) is 37.2 Å². The molecular formula is C16H25ClN4O. The lowest BCUT2D eigenvalue weighted by Crippen LogP contribution is -2.42. The van der Waals surface area contributed by atoms with Gasteiger partial charge >= 0.3 is 0 Å². The van der Waals surface area contributed by atoms with Gasteiger partial charge in [0.25, 0.3) is 0 Å². The van der Waals surface area contributed by atoms with Gasteiger partial charge in [-0.2, -0.15) is 0 Å². The van der Waals surface area contributed by atoms with Crippen molar-refractivity contribution in [1.29, 1.82) is 0 Å². The predicted molar refractivity (Wildman–Crippen MR) is 88.2 cm³/mol. The van der Waals surface area contributed by atoms with Crippen LogP contribution in [0, 0.1) is 5.92 Å². The Morgan fingerprint density at radius 2 is 2.05 bits per heavy atom. The predicted octanol–water partition coefficient (Wildman–Crippen LogP) is 1.82. The summed E-state index contributed by atoms with van der Waals surface area (Å²) in [6.45, 7) is 3.75. The van der Waals surface area contributed by atoms with Crippen molar-refractivity contribution in [2.24, 2.45) is 5.92 Å². The highest BCUT2D eigenvalue weighted by molar-refractivity contribution is 5.85. The van der Waals surface area contributed by atoms with Crippen LogP contribution in [0.5, 0.6) is 0 Å². The fourth-order valence-electron chi connectivity index (χ4n) is 2.89. The maximum atomic E-state index is 12.1. The largest absolute Gasteiger partial charge is 0.356 e. The summed E-state index contributed by atoms with van der Waals surface area (Å²) in [5, 5.41) is 6.42. The molecule has 1 aliphatic heterocycles. The van der Waals surface area contributed by atoms with E-state index in [1.54, 1.807) is 0 Å². The second-order valence-electron chi connectivity index (χ2n) is 6.34. The first-order chi connectivity index (χ1) is 10.2. The van der Waals surface area contributed by atoms with Gasteiger partial charge < -0.3 is 10.6 Å². The molecule has 0 bridgehead atoms. The number of nitrogens with one attached hydrogen (secondary N) is 2. The van der Waals surface area contributed by atoms with Crippen molar-refractivity contribution in [3.05, 3.63) is 23.8 Å². The zero-order valence-corrected chi connectivity index (χ0v) is 13.9. The number of hydrogen-bond donors (Lipinski definition) is 2. The van der Waals surface area contributed by atoms with Crippen LogP contribution < -0.4 is 10.6 Å². The minimum Gasteiger partial charge on any atom is -0.356 e. The first-order valence-electron chi connectivity index (χ1n) is 8.04. The van der Waals surface area contributed by atoms with Crippen LogP contribution in [0.4, 0.5) is 0 Å². The van der Waals surface area contributed by atoms with Crippen molar-refractivity contribution in [2.75, 3.05) is 13.1 Å². The Morgan fingerprint density at radius 3 is 2.68 bits per heavy atom. The lowest BCUT2D eigenvalue weighted by Gasteiger charge is -2.27. The molecule has 2 heterocycles. The van der Waals surface area contributed by atoms with Crippen molar-refractivity contribution in [2.45, 2.75) is 51.0 Å². The molecule has 1 amide bonds. The molecule has 22 heavy (non-hydrogen) atoms. The van der Waals surface area contributed by atoms with E-state index in [2.05, 4.69) is 27.5 Å². The fraction of sp³-hybridized carbons (Fsp3) is 0.688. The molecule has 1 saturated heterocycles. The first kappa shape index (κ1) is 17.2. The van der Waals surface area contributed by atoms with Crippen molar-refractivity contribution >= 4 is 18.3 Å². The molecule has 1 saturated carbocycles. The number of hydrogen-bond acceptors (Lipinski definition) is 4. The van der Waals surface area contributed by atoms with Gasteiger partial charge in [-0.3, -0.25) is 4.79 Å². The summed E-state index contributed by atoms with van der Waals surface area (Å²) in [4.78, 5) is 20.9. The molecule has 1 aromatic heterocycles. The molecule has 122 valence electrons. The van der Waals surface area contributed by atoms with Crippen molar-refractivity contribution < 1.29 is 4.79 Å². The molecule has 1 aromatic rings. The van der Waals surface area contributed by atoms with Gasteiger partial charge in [-0.15, -0.1) is 12.4 Å². The summed E-state index contributed by atoms with van der Waals surface area (Å²) in [5.41, 5.74) is 1.10. The molecule has 2 N–H and O–H groups in total. The molecule has 2 fully saturated rings. The highest BCUT2D eigenvalue weighted by Gasteiger charge is 2.26. The van der Waals surface area contributed by atoms with Gasteiger partial charge in [0.15, 0.2) is 0 Å². The number of carbonyl (C=O) groups excluding carboxylic acids is 1. The second kappa shape index (κ2) is 7.88. The molecule has 0 radical (unpaired) electrons. The number of halogens is 1. The average Bonchev–Trinajstić information content (AvgIpc) is 3.32. The zero-order valence-electron chi connectivity index (χ0n) is 13.0. The smallest absolute Gasteiger partial charge is 0.223 e. The Bertz CT molecular complexity index is 489. The molecule has 1 aliphatic carbocycles. The first-order valence-corrected chi connectivity index (χ1v) is 8.04. The molecular weight excluding hydrogens is 300 g/mol. The summed E-state index contributed by atoms with van der Waals surface area (Å²) in [6, 6.07) is 0.442. The zero-order chi connectivity index (χ0) is 14.7. The highest BCUT2D eigenvalue weighted by Crippen LogP contribution is 2.37. The summed E-state index contributed by atoms with van der Waals surface area (Å²) >= 11 is 0. The number of piperidine rings is 1. The van der Waals surface area contributed by atoms with Crippen molar-refractivity contribution in [1.82, 2.24) is 20.6 Å². The van der Waals surface area contributed by atoms with Crippen LogP contribution in [0.3, 0.4) is 0 Å². The van der Waals surface area contributed by atoms with Gasteiger partial charge in [0.2, 0.25) is 5.91 Å². The molecule has 0 spiro atoms. The highest BCUT2D eigenvalue weighted by atomic mass is 35.5. The average molecular weight is 325 g/mol. The van der Waals surface area contributed by atoms with Crippen LogP contribution in [-0.4, -0.2) is 35.0 Å².